The lowest BCUT2D eigenvalue weighted by Crippen LogP contribution is -2.54. The number of esters is 2. The second-order valence-electron chi connectivity index (χ2n) is 18.8. The van der Waals surface area contributed by atoms with Crippen LogP contribution in [0.1, 0.15) is 115 Å². The van der Waals surface area contributed by atoms with E-state index in [-0.39, 0.29) is 73.4 Å². The molecule has 0 saturated carbocycles. The summed E-state index contributed by atoms with van der Waals surface area (Å²) in [7, 11) is 0. The molecule has 0 radical (unpaired) electrons. The molecule has 0 saturated heterocycles. The Bertz CT molecular complexity index is 2450. The van der Waals surface area contributed by atoms with E-state index in [0.717, 1.165) is 11.1 Å². The molecule has 4 rings (SSSR count). The van der Waals surface area contributed by atoms with Gasteiger partial charge in [0.05, 0.1) is 6.04 Å². The standard InChI is InChI=1S/C55H67N3O13/c1-6-55(5,53(69)57-45(32-39-14-22-41(60)23-15-39)47(62)12-9-11-37-18-26-44(27-19-37)71-50(66)34-48(63)64)35-54(3,4)52(68)58-46(33-40-16-24-42(61)25-17-40)51(67)56-31-30-38-20-28-43(29-21-38)70-49(65)13-8-7-10-36(2)59/h14-29,45-46,60-61H,6-13,30-35H2,1-5H3,(H,56,67)(H,57,69)(H,58,68)(H,63,64)/t45-,46-,55?/m0/s1. The minimum absolute atomic E-state index is 0.0421. The van der Waals surface area contributed by atoms with Crippen LogP contribution >= 0.6 is 0 Å². The molecule has 0 bridgehead atoms. The van der Waals surface area contributed by atoms with Gasteiger partial charge in [0, 0.05) is 43.1 Å². The van der Waals surface area contributed by atoms with Gasteiger partial charge in [0.15, 0.2) is 5.78 Å². The van der Waals surface area contributed by atoms with E-state index in [2.05, 4.69) is 16.0 Å². The molecule has 4 aromatic rings. The van der Waals surface area contributed by atoms with Gasteiger partial charge in [-0.3, -0.25) is 33.6 Å². The number of aliphatic carboxylic acids is 1. The quantitative estimate of drug-likeness (QED) is 0.0138. The first-order valence-electron chi connectivity index (χ1n) is 23.9. The third kappa shape index (κ3) is 19.5. The van der Waals surface area contributed by atoms with Crippen molar-refractivity contribution in [1.82, 2.24) is 16.0 Å². The highest BCUT2D eigenvalue weighted by atomic mass is 16.5. The van der Waals surface area contributed by atoms with Crippen molar-refractivity contribution in [3.8, 4) is 23.0 Å². The van der Waals surface area contributed by atoms with Crippen LogP contribution in [0.3, 0.4) is 0 Å². The van der Waals surface area contributed by atoms with E-state index in [1.165, 1.54) is 31.2 Å². The topological polar surface area (TPSA) is 252 Å². The number of phenols is 2. The van der Waals surface area contributed by atoms with Crippen LogP contribution in [-0.4, -0.2) is 81.1 Å². The van der Waals surface area contributed by atoms with Gasteiger partial charge in [-0.1, -0.05) is 76.2 Å². The van der Waals surface area contributed by atoms with Gasteiger partial charge in [0.1, 0.15) is 41.2 Å². The number of rotatable bonds is 29. The molecule has 0 aliphatic carbocycles. The average Bonchev–Trinajstić information content (AvgIpc) is 3.31. The zero-order valence-corrected chi connectivity index (χ0v) is 41.2. The fraction of sp³-hybridized carbons (Fsp3) is 0.418. The summed E-state index contributed by atoms with van der Waals surface area (Å²) in [6, 6.07) is 24.1. The maximum atomic E-state index is 14.4. The number of carbonyl (C=O) groups is 8. The van der Waals surface area contributed by atoms with E-state index in [4.69, 9.17) is 14.6 Å². The van der Waals surface area contributed by atoms with E-state index >= 15 is 0 Å². The number of benzene rings is 4. The van der Waals surface area contributed by atoms with Crippen LogP contribution in [0, 0.1) is 10.8 Å². The fourth-order valence-corrected chi connectivity index (χ4v) is 7.96. The summed E-state index contributed by atoms with van der Waals surface area (Å²) in [5.74, 6) is -3.43. The summed E-state index contributed by atoms with van der Waals surface area (Å²) < 4.78 is 10.5. The van der Waals surface area contributed by atoms with E-state index < -0.39 is 59.0 Å². The van der Waals surface area contributed by atoms with E-state index in [9.17, 15) is 48.6 Å². The Hall–Kier alpha value is -7.36. The molecule has 0 aliphatic rings. The normalized spacial score (nSPS) is 12.9. The van der Waals surface area contributed by atoms with Gasteiger partial charge in [0.25, 0.3) is 0 Å². The van der Waals surface area contributed by atoms with Crippen molar-refractivity contribution in [2.45, 2.75) is 130 Å². The molecule has 3 amide bonds. The molecule has 0 aliphatic heterocycles. The number of phenolic OH excluding ortho intramolecular Hbond substituents is 2. The largest absolute Gasteiger partial charge is 0.508 e. The molecule has 16 heteroatoms. The van der Waals surface area contributed by atoms with Crippen molar-refractivity contribution in [2.24, 2.45) is 10.8 Å². The lowest BCUT2D eigenvalue weighted by molar-refractivity contribution is -0.146. The highest BCUT2D eigenvalue weighted by molar-refractivity contribution is 5.93. The van der Waals surface area contributed by atoms with Crippen LogP contribution in [-0.2, 0) is 64.0 Å². The van der Waals surface area contributed by atoms with Crippen molar-refractivity contribution < 1.29 is 63.1 Å². The third-order valence-electron chi connectivity index (χ3n) is 12.2. The van der Waals surface area contributed by atoms with Gasteiger partial charge in [-0.25, -0.2) is 0 Å². The number of ketones is 2. The van der Waals surface area contributed by atoms with E-state index in [1.807, 2.05) is 6.92 Å². The number of carboxylic acid groups (broad SMARTS) is 1. The smallest absolute Gasteiger partial charge is 0.322 e. The lowest BCUT2D eigenvalue weighted by atomic mass is 9.71. The Morgan fingerprint density at radius 2 is 1.06 bits per heavy atom. The van der Waals surface area contributed by atoms with Crippen LogP contribution in [0.15, 0.2) is 97.1 Å². The number of ether oxygens (including phenoxy) is 2. The minimum Gasteiger partial charge on any atom is -0.508 e. The summed E-state index contributed by atoms with van der Waals surface area (Å²) in [5.41, 5.74) is 0.745. The van der Waals surface area contributed by atoms with Crippen molar-refractivity contribution >= 4 is 47.2 Å². The molecule has 6 N–H and O–H groups in total. The molecule has 0 spiro atoms. The van der Waals surface area contributed by atoms with Gasteiger partial charge in [-0.15, -0.1) is 0 Å². The zero-order chi connectivity index (χ0) is 52.1. The number of amides is 3. The maximum Gasteiger partial charge on any atom is 0.322 e. The maximum absolute atomic E-state index is 14.4. The average molecular weight is 978 g/mol. The summed E-state index contributed by atoms with van der Waals surface area (Å²) in [6.07, 6.45) is 3.08. The first-order valence-corrected chi connectivity index (χ1v) is 23.9. The molecule has 16 nitrogen and oxygen atoms in total. The highest BCUT2D eigenvalue weighted by Gasteiger charge is 2.43. The Balaban J connectivity index is 1.40. The molecule has 0 heterocycles. The predicted octanol–water partition coefficient (Wildman–Crippen LogP) is 7.07. The summed E-state index contributed by atoms with van der Waals surface area (Å²) in [6.45, 7) is 8.68. The number of nitrogens with one attached hydrogen (secondary N) is 3. The second kappa shape index (κ2) is 27.1. The molecule has 3 atom stereocenters. The zero-order valence-electron chi connectivity index (χ0n) is 41.2. The number of aryl methyl sites for hydroxylation is 1. The molecule has 1 unspecified atom stereocenters. The predicted molar refractivity (Wildman–Crippen MR) is 264 cm³/mol. The monoisotopic (exact) mass is 977 g/mol. The molecular weight excluding hydrogens is 911 g/mol. The van der Waals surface area contributed by atoms with Crippen LogP contribution < -0.4 is 25.4 Å². The Kier molecular flexibility index (Phi) is 21.5. The van der Waals surface area contributed by atoms with Crippen LogP contribution in [0.4, 0.5) is 0 Å². The van der Waals surface area contributed by atoms with Gasteiger partial charge >= 0.3 is 17.9 Å². The van der Waals surface area contributed by atoms with Crippen molar-refractivity contribution in [2.75, 3.05) is 6.54 Å². The van der Waals surface area contributed by atoms with Crippen LogP contribution in [0.2, 0.25) is 0 Å². The van der Waals surface area contributed by atoms with E-state index in [1.54, 1.807) is 93.6 Å². The number of hydrogen-bond acceptors (Lipinski definition) is 12. The molecule has 4 aromatic carbocycles. The number of aromatic hydroxyl groups is 2. The molecule has 0 aromatic heterocycles. The number of hydrogen-bond donors (Lipinski definition) is 6. The van der Waals surface area contributed by atoms with Crippen LogP contribution in [0.5, 0.6) is 23.0 Å². The first-order chi connectivity index (χ1) is 33.6. The number of carboxylic acids is 1. The Morgan fingerprint density at radius 1 is 0.577 bits per heavy atom. The number of unbranched alkanes of at least 4 members (excludes halogenated alkanes) is 1. The van der Waals surface area contributed by atoms with E-state index in [0.29, 0.717) is 61.8 Å². The molecule has 0 fully saturated rings. The minimum atomic E-state index is -1.30. The second-order valence-corrected chi connectivity index (χ2v) is 18.8. The van der Waals surface area contributed by atoms with Crippen molar-refractivity contribution in [3.05, 3.63) is 119 Å². The number of Topliss-reactive ketones (excluding diaryl/α,β-unsaturated/α-hetero) is 2. The molecule has 71 heavy (non-hydrogen) atoms. The SMILES string of the molecule is CCC(C)(CC(C)(C)C(=O)N[C@@H](Cc1ccc(O)cc1)C(=O)NCCc1ccc(OC(=O)CCCCC(C)=O)cc1)C(=O)N[C@@H](Cc1ccc(O)cc1)C(=O)CCCc1ccc(OC(=O)CC(=O)O)cc1. The van der Waals surface area contributed by atoms with Crippen molar-refractivity contribution in [1.29, 1.82) is 0 Å². The van der Waals surface area contributed by atoms with Gasteiger partial charge in [-0.05, 0) is 129 Å². The summed E-state index contributed by atoms with van der Waals surface area (Å²) >= 11 is 0. The van der Waals surface area contributed by atoms with Gasteiger partial charge < -0.3 is 45.5 Å². The highest BCUT2D eigenvalue weighted by Crippen LogP contribution is 2.37. The molecular formula is C55H67N3O13. The first kappa shape index (κ1) is 56.2. The Morgan fingerprint density at radius 3 is 1.58 bits per heavy atom. The molecule has 380 valence electrons. The number of carbonyl (C=O) groups excluding carboxylic acids is 7. The summed E-state index contributed by atoms with van der Waals surface area (Å²) in [4.78, 5) is 102. The van der Waals surface area contributed by atoms with Crippen molar-refractivity contribution in [3.63, 3.8) is 0 Å². The lowest BCUT2D eigenvalue weighted by Gasteiger charge is -2.36. The fourth-order valence-electron chi connectivity index (χ4n) is 7.96. The van der Waals surface area contributed by atoms with Gasteiger partial charge in [0.2, 0.25) is 17.7 Å². The van der Waals surface area contributed by atoms with Gasteiger partial charge in [-0.2, -0.15) is 0 Å². The summed E-state index contributed by atoms with van der Waals surface area (Å²) in [5, 5.41) is 37.4. The third-order valence-corrected chi connectivity index (χ3v) is 12.2. The van der Waals surface area contributed by atoms with Crippen LogP contribution in [0.25, 0.3) is 0 Å². The Labute approximate surface area is 414 Å².